The molecule has 1 aromatic rings. The highest BCUT2D eigenvalue weighted by atomic mass is 16.5. The summed E-state index contributed by atoms with van der Waals surface area (Å²) in [6.45, 7) is 7.98. The van der Waals surface area contributed by atoms with Gasteiger partial charge in [-0.1, -0.05) is 37.1 Å². The summed E-state index contributed by atoms with van der Waals surface area (Å²) in [5.74, 6) is 1.01. The first-order valence-electron chi connectivity index (χ1n) is 12.8. The predicted molar refractivity (Wildman–Crippen MR) is 130 cm³/mol. The van der Waals surface area contributed by atoms with Crippen LogP contribution in [0.25, 0.3) is 0 Å². The highest BCUT2D eigenvalue weighted by molar-refractivity contribution is 5.80. The van der Waals surface area contributed by atoms with Gasteiger partial charge in [-0.3, -0.25) is 9.89 Å². The van der Waals surface area contributed by atoms with Gasteiger partial charge in [0.25, 0.3) is 0 Å². The Kier molecular flexibility index (Phi) is 9.24. The molecule has 0 saturated carbocycles. The summed E-state index contributed by atoms with van der Waals surface area (Å²) < 4.78 is 11.8. The van der Waals surface area contributed by atoms with E-state index < -0.39 is 0 Å². The molecule has 0 aromatic heterocycles. The van der Waals surface area contributed by atoms with Gasteiger partial charge < -0.3 is 19.7 Å². The lowest BCUT2D eigenvalue weighted by Crippen LogP contribution is -2.47. The maximum Gasteiger partial charge on any atom is 0.193 e. The molecule has 1 atom stereocenters. The number of nitrogens with one attached hydrogen (secondary N) is 1. The van der Waals surface area contributed by atoms with Crippen LogP contribution in [0.5, 0.6) is 0 Å². The van der Waals surface area contributed by atoms with Crippen molar-refractivity contribution in [2.75, 3.05) is 46.4 Å². The third-order valence-electron chi connectivity index (χ3n) is 7.14. The zero-order valence-corrected chi connectivity index (χ0v) is 19.9. The highest BCUT2D eigenvalue weighted by Gasteiger charge is 2.24. The monoisotopic (exact) mass is 442 g/mol. The zero-order valence-electron chi connectivity index (χ0n) is 19.9. The molecule has 3 aliphatic heterocycles. The molecule has 0 amide bonds. The Hall–Kier alpha value is -1.63. The Morgan fingerprint density at radius 3 is 2.44 bits per heavy atom. The van der Waals surface area contributed by atoms with Gasteiger partial charge in [-0.15, -0.1) is 0 Å². The van der Waals surface area contributed by atoms with Crippen molar-refractivity contribution in [2.24, 2.45) is 4.99 Å². The minimum absolute atomic E-state index is 0.317. The molecule has 0 aliphatic carbocycles. The Labute approximate surface area is 194 Å². The fourth-order valence-corrected chi connectivity index (χ4v) is 5.18. The average Bonchev–Trinajstić information content (AvgIpc) is 3.23. The van der Waals surface area contributed by atoms with Gasteiger partial charge >= 0.3 is 0 Å². The average molecular weight is 443 g/mol. The molecule has 0 spiro atoms. The van der Waals surface area contributed by atoms with Gasteiger partial charge in [-0.25, -0.2) is 0 Å². The lowest BCUT2D eigenvalue weighted by molar-refractivity contribution is -0.0367. The van der Waals surface area contributed by atoms with Crippen LogP contribution < -0.4 is 5.32 Å². The van der Waals surface area contributed by atoms with Crippen LogP contribution in [-0.4, -0.2) is 74.4 Å². The minimum Gasteiger partial charge on any atom is -0.376 e. The fraction of sp³-hybridized carbons (Fsp3) is 0.731. The summed E-state index contributed by atoms with van der Waals surface area (Å²) in [4.78, 5) is 9.58. The third kappa shape index (κ3) is 6.93. The van der Waals surface area contributed by atoms with E-state index in [0.717, 1.165) is 64.6 Å². The Morgan fingerprint density at radius 2 is 1.75 bits per heavy atom. The first-order chi connectivity index (χ1) is 15.8. The van der Waals surface area contributed by atoms with Crippen molar-refractivity contribution in [3.8, 4) is 0 Å². The van der Waals surface area contributed by atoms with Crippen molar-refractivity contribution in [3.63, 3.8) is 0 Å². The molecule has 178 valence electrons. The first kappa shape index (κ1) is 23.5. The van der Waals surface area contributed by atoms with E-state index in [-0.39, 0.29) is 0 Å². The van der Waals surface area contributed by atoms with Crippen LogP contribution in [0.1, 0.15) is 62.5 Å². The van der Waals surface area contributed by atoms with Crippen molar-refractivity contribution in [2.45, 2.75) is 76.7 Å². The van der Waals surface area contributed by atoms with Gasteiger partial charge in [0.05, 0.1) is 18.8 Å². The maximum atomic E-state index is 6.14. The molecule has 6 heteroatoms. The van der Waals surface area contributed by atoms with Gasteiger partial charge in [0.15, 0.2) is 5.96 Å². The van der Waals surface area contributed by atoms with Crippen molar-refractivity contribution in [1.82, 2.24) is 15.1 Å². The standard InChI is InChI=1S/C26H42N4O2/c1-27-26(30-16-12-24(13-17-30)32-21-25-11-8-18-31-25)28-19-22-9-4-5-10-23(22)20-29-14-6-2-3-7-15-29/h4-5,9-10,24-25H,2-3,6-8,11-21H2,1H3,(H,27,28). The zero-order chi connectivity index (χ0) is 22.0. The molecule has 1 N–H and O–H groups in total. The highest BCUT2D eigenvalue weighted by Crippen LogP contribution is 2.19. The van der Waals surface area contributed by atoms with Gasteiger partial charge in [-0.05, 0) is 62.7 Å². The van der Waals surface area contributed by atoms with Crippen LogP contribution in [0.3, 0.4) is 0 Å². The van der Waals surface area contributed by atoms with E-state index in [1.807, 2.05) is 7.05 Å². The second kappa shape index (κ2) is 12.6. The third-order valence-corrected chi connectivity index (χ3v) is 7.14. The molecule has 3 saturated heterocycles. The van der Waals surface area contributed by atoms with E-state index in [1.54, 1.807) is 0 Å². The SMILES string of the molecule is CN=C(NCc1ccccc1CN1CCCCCC1)N1CCC(OCC2CCCO2)CC1. The number of benzene rings is 1. The number of hydrogen-bond donors (Lipinski definition) is 1. The van der Waals surface area contributed by atoms with E-state index in [9.17, 15) is 0 Å². The van der Waals surface area contributed by atoms with Crippen LogP contribution in [0, 0.1) is 0 Å². The Bertz CT molecular complexity index is 704. The van der Waals surface area contributed by atoms with Gasteiger partial charge in [0.1, 0.15) is 0 Å². The first-order valence-corrected chi connectivity index (χ1v) is 12.8. The van der Waals surface area contributed by atoms with E-state index in [2.05, 4.69) is 44.4 Å². The van der Waals surface area contributed by atoms with Crippen LogP contribution in [0.2, 0.25) is 0 Å². The Balaban J connectivity index is 1.24. The predicted octanol–water partition coefficient (Wildman–Crippen LogP) is 3.80. The van der Waals surface area contributed by atoms with Gasteiger partial charge in [0.2, 0.25) is 0 Å². The van der Waals surface area contributed by atoms with Crippen LogP contribution >= 0.6 is 0 Å². The summed E-state index contributed by atoms with van der Waals surface area (Å²) in [7, 11) is 1.89. The summed E-state index contributed by atoms with van der Waals surface area (Å²) in [6, 6.07) is 8.88. The van der Waals surface area contributed by atoms with Crippen molar-refractivity contribution < 1.29 is 9.47 Å². The van der Waals surface area contributed by atoms with E-state index in [4.69, 9.17) is 9.47 Å². The van der Waals surface area contributed by atoms with Crippen LogP contribution in [0.15, 0.2) is 29.3 Å². The smallest absolute Gasteiger partial charge is 0.193 e. The largest absolute Gasteiger partial charge is 0.376 e. The molecule has 1 aromatic carbocycles. The molecule has 32 heavy (non-hydrogen) atoms. The molecule has 3 fully saturated rings. The van der Waals surface area contributed by atoms with Crippen LogP contribution in [0.4, 0.5) is 0 Å². The molecule has 3 aliphatic rings. The molecule has 0 radical (unpaired) electrons. The molecular weight excluding hydrogens is 400 g/mol. The molecule has 4 rings (SSSR count). The van der Waals surface area contributed by atoms with E-state index in [0.29, 0.717) is 12.2 Å². The van der Waals surface area contributed by atoms with Crippen molar-refractivity contribution in [1.29, 1.82) is 0 Å². The number of likely N-dealkylation sites (tertiary alicyclic amines) is 2. The van der Waals surface area contributed by atoms with Crippen molar-refractivity contribution >= 4 is 5.96 Å². The second-order valence-corrected chi connectivity index (χ2v) is 9.51. The van der Waals surface area contributed by atoms with Crippen LogP contribution in [-0.2, 0) is 22.6 Å². The summed E-state index contributed by atoms with van der Waals surface area (Å²) in [6.07, 6.45) is 10.5. The number of piperidine rings is 1. The van der Waals surface area contributed by atoms with E-state index >= 15 is 0 Å². The number of nitrogens with zero attached hydrogens (tertiary/aromatic N) is 3. The normalized spacial score (nSPS) is 24.0. The summed E-state index contributed by atoms with van der Waals surface area (Å²) >= 11 is 0. The molecular formula is C26H42N4O2. The minimum atomic E-state index is 0.317. The number of rotatable bonds is 7. The maximum absolute atomic E-state index is 6.14. The fourth-order valence-electron chi connectivity index (χ4n) is 5.18. The summed E-state index contributed by atoms with van der Waals surface area (Å²) in [5, 5.41) is 3.63. The number of guanidine groups is 1. The lowest BCUT2D eigenvalue weighted by atomic mass is 10.1. The lowest BCUT2D eigenvalue weighted by Gasteiger charge is -2.34. The Morgan fingerprint density at radius 1 is 1.00 bits per heavy atom. The number of hydrogen-bond acceptors (Lipinski definition) is 4. The number of ether oxygens (including phenoxy) is 2. The van der Waals surface area contributed by atoms with Gasteiger partial charge in [-0.2, -0.15) is 0 Å². The van der Waals surface area contributed by atoms with Gasteiger partial charge in [0, 0.05) is 39.8 Å². The number of aliphatic imine (C=N–C) groups is 1. The molecule has 0 bridgehead atoms. The topological polar surface area (TPSA) is 49.3 Å². The summed E-state index contributed by atoms with van der Waals surface area (Å²) in [5.41, 5.74) is 2.83. The molecule has 3 heterocycles. The second-order valence-electron chi connectivity index (χ2n) is 9.51. The van der Waals surface area contributed by atoms with E-state index in [1.165, 1.54) is 56.3 Å². The molecule has 1 unspecified atom stereocenters. The molecule has 6 nitrogen and oxygen atoms in total. The quantitative estimate of drug-likeness (QED) is 0.514. The van der Waals surface area contributed by atoms with Crippen molar-refractivity contribution in [3.05, 3.63) is 35.4 Å².